The van der Waals surface area contributed by atoms with Gasteiger partial charge in [0.15, 0.2) is 0 Å². The zero-order chi connectivity index (χ0) is 9.60. The lowest BCUT2D eigenvalue weighted by atomic mass is 9.80. The van der Waals surface area contributed by atoms with Gasteiger partial charge in [0.05, 0.1) is 0 Å². The molecule has 0 aromatic heterocycles. The highest BCUT2D eigenvalue weighted by atomic mass is 35.5. The van der Waals surface area contributed by atoms with E-state index >= 15 is 0 Å². The number of halogens is 1. The number of hydrogen-bond acceptors (Lipinski definition) is 0. The van der Waals surface area contributed by atoms with Crippen molar-refractivity contribution in [1.29, 1.82) is 0 Å². The van der Waals surface area contributed by atoms with Gasteiger partial charge in [-0.05, 0) is 54.4 Å². The average Bonchev–Trinajstić information content (AvgIpc) is 2.77. The molecule has 14 heavy (non-hydrogen) atoms. The summed E-state index contributed by atoms with van der Waals surface area (Å²) >= 11 is 6.02. The first-order chi connectivity index (χ1) is 6.80. The van der Waals surface area contributed by atoms with E-state index in [0.29, 0.717) is 5.41 Å². The standard InChI is InChI=1S/C13H15Cl/c14-11-3-4-12-10(9-11)5-8-13(12)6-1-2-7-13/h3-4,9H,1-2,5-8H2. The second-order valence-corrected chi connectivity index (χ2v) is 5.23. The number of rotatable bonds is 0. The first kappa shape index (κ1) is 8.79. The zero-order valence-electron chi connectivity index (χ0n) is 8.35. The number of fused-ring (bicyclic) bond motifs is 2. The van der Waals surface area contributed by atoms with E-state index in [2.05, 4.69) is 18.2 Å². The molecular weight excluding hydrogens is 192 g/mol. The third kappa shape index (κ3) is 1.13. The second kappa shape index (κ2) is 3.00. The van der Waals surface area contributed by atoms with Crippen molar-refractivity contribution in [3.63, 3.8) is 0 Å². The third-order valence-corrected chi connectivity index (χ3v) is 4.31. The van der Waals surface area contributed by atoms with E-state index in [-0.39, 0.29) is 0 Å². The van der Waals surface area contributed by atoms with E-state index in [4.69, 9.17) is 11.6 Å². The normalized spacial score (nSPS) is 22.9. The minimum atomic E-state index is 0.555. The van der Waals surface area contributed by atoms with Crippen LogP contribution in [0.2, 0.25) is 5.02 Å². The Balaban J connectivity index is 2.09. The fraction of sp³-hybridized carbons (Fsp3) is 0.538. The van der Waals surface area contributed by atoms with E-state index in [9.17, 15) is 0 Å². The molecule has 0 amide bonds. The molecule has 1 saturated carbocycles. The van der Waals surface area contributed by atoms with Crippen molar-refractivity contribution < 1.29 is 0 Å². The molecule has 1 aromatic rings. The Kier molecular flexibility index (Phi) is 1.88. The summed E-state index contributed by atoms with van der Waals surface area (Å²) in [5, 5.41) is 0.902. The fourth-order valence-corrected chi connectivity index (χ4v) is 3.56. The Bertz CT molecular complexity index is 361. The van der Waals surface area contributed by atoms with Gasteiger partial charge in [-0.15, -0.1) is 0 Å². The van der Waals surface area contributed by atoms with E-state index in [1.54, 1.807) is 5.56 Å². The number of hydrogen-bond donors (Lipinski definition) is 0. The van der Waals surface area contributed by atoms with Crippen molar-refractivity contribution in [2.45, 2.75) is 43.9 Å². The van der Waals surface area contributed by atoms with Gasteiger partial charge in [-0.3, -0.25) is 0 Å². The van der Waals surface area contributed by atoms with Gasteiger partial charge < -0.3 is 0 Å². The quantitative estimate of drug-likeness (QED) is 0.600. The highest BCUT2D eigenvalue weighted by Crippen LogP contribution is 2.50. The summed E-state index contributed by atoms with van der Waals surface area (Å²) in [5.41, 5.74) is 3.68. The van der Waals surface area contributed by atoms with Crippen molar-refractivity contribution in [3.8, 4) is 0 Å². The number of benzene rings is 1. The van der Waals surface area contributed by atoms with Crippen LogP contribution in [0.25, 0.3) is 0 Å². The van der Waals surface area contributed by atoms with E-state index < -0.39 is 0 Å². The van der Waals surface area contributed by atoms with Gasteiger partial charge in [0.25, 0.3) is 0 Å². The molecule has 0 saturated heterocycles. The molecule has 0 N–H and O–H groups in total. The SMILES string of the molecule is Clc1ccc2c(c1)CCC21CCCC1. The Morgan fingerprint density at radius 2 is 1.86 bits per heavy atom. The van der Waals surface area contributed by atoms with E-state index in [1.807, 2.05) is 0 Å². The molecule has 0 atom stereocenters. The van der Waals surface area contributed by atoms with Gasteiger partial charge in [-0.1, -0.05) is 30.5 Å². The largest absolute Gasteiger partial charge is 0.0843 e. The van der Waals surface area contributed by atoms with Crippen LogP contribution in [0, 0.1) is 0 Å². The molecular formula is C13H15Cl. The molecule has 0 aliphatic heterocycles. The number of aryl methyl sites for hydroxylation is 1. The molecule has 0 bridgehead atoms. The Labute approximate surface area is 90.3 Å². The fourth-order valence-electron chi connectivity index (χ4n) is 3.37. The molecule has 2 aliphatic carbocycles. The Morgan fingerprint density at radius 1 is 1.07 bits per heavy atom. The van der Waals surface area contributed by atoms with Crippen LogP contribution in [0.5, 0.6) is 0 Å². The van der Waals surface area contributed by atoms with Crippen molar-refractivity contribution in [1.82, 2.24) is 0 Å². The van der Waals surface area contributed by atoms with Gasteiger partial charge >= 0.3 is 0 Å². The van der Waals surface area contributed by atoms with Crippen LogP contribution in [0.15, 0.2) is 18.2 Å². The molecule has 1 fully saturated rings. The van der Waals surface area contributed by atoms with Crippen LogP contribution in [-0.4, -0.2) is 0 Å². The van der Waals surface area contributed by atoms with Crippen molar-refractivity contribution >= 4 is 11.6 Å². The van der Waals surface area contributed by atoms with Gasteiger partial charge in [0.2, 0.25) is 0 Å². The minimum absolute atomic E-state index is 0.555. The smallest absolute Gasteiger partial charge is 0.0408 e. The minimum Gasteiger partial charge on any atom is -0.0843 e. The maximum absolute atomic E-state index is 6.02. The molecule has 1 heteroatoms. The molecule has 1 spiro atoms. The lowest BCUT2D eigenvalue weighted by Gasteiger charge is -2.24. The summed E-state index contributed by atoms with van der Waals surface area (Å²) in [6.45, 7) is 0. The van der Waals surface area contributed by atoms with Crippen LogP contribution in [0.4, 0.5) is 0 Å². The summed E-state index contributed by atoms with van der Waals surface area (Å²) in [6.07, 6.45) is 8.26. The molecule has 2 aliphatic rings. The first-order valence-electron chi connectivity index (χ1n) is 5.59. The molecule has 3 rings (SSSR count). The summed E-state index contributed by atoms with van der Waals surface area (Å²) in [4.78, 5) is 0. The summed E-state index contributed by atoms with van der Waals surface area (Å²) < 4.78 is 0. The molecule has 0 unspecified atom stereocenters. The molecule has 0 heterocycles. The molecule has 0 nitrogen and oxygen atoms in total. The maximum atomic E-state index is 6.02. The first-order valence-corrected chi connectivity index (χ1v) is 5.97. The van der Waals surface area contributed by atoms with Crippen LogP contribution in [0.1, 0.15) is 43.2 Å². The predicted molar refractivity (Wildman–Crippen MR) is 59.9 cm³/mol. The topological polar surface area (TPSA) is 0 Å². The van der Waals surface area contributed by atoms with Crippen LogP contribution < -0.4 is 0 Å². The average molecular weight is 207 g/mol. The van der Waals surface area contributed by atoms with Crippen LogP contribution in [0.3, 0.4) is 0 Å². The molecule has 0 radical (unpaired) electrons. The van der Waals surface area contributed by atoms with Gasteiger partial charge in [0, 0.05) is 5.02 Å². The monoisotopic (exact) mass is 206 g/mol. The highest BCUT2D eigenvalue weighted by molar-refractivity contribution is 6.30. The summed E-state index contributed by atoms with van der Waals surface area (Å²) in [5.74, 6) is 0. The van der Waals surface area contributed by atoms with Crippen molar-refractivity contribution in [2.75, 3.05) is 0 Å². The van der Waals surface area contributed by atoms with Crippen molar-refractivity contribution in [2.24, 2.45) is 0 Å². The second-order valence-electron chi connectivity index (χ2n) is 4.79. The van der Waals surface area contributed by atoms with Crippen molar-refractivity contribution in [3.05, 3.63) is 34.3 Å². The summed E-state index contributed by atoms with van der Waals surface area (Å²) in [6, 6.07) is 6.51. The van der Waals surface area contributed by atoms with Crippen LogP contribution in [-0.2, 0) is 11.8 Å². The Hall–Kier alpha value is -0.490. The molecule has 74 valence electrons. The van der Waals surface area contributed by atoms with Gasteiger partial charge in [-0.25, -0.2) is 0 Å². The van der Waals surface area contributed by atoms with E-state index in [1.165, 1.54) is 44.1 Å². The predicted octanol–water partition coefficient (Wildman–Crippen LogP) is 4.10. The third-order valence-electron chi connectivity index (χ3n) is 4.07. The molecule has 1 aromatic carbocycles. The van der Waals surface area contributed by atoms with Crippen LogP contribution >= 0.6 is 11.6 Å². The highest BCUT2D eigenvalue weighted by Gasteiger charge is 2.40. The lowest BCUT2D eigenvalue weighted by Crippen LogP contribution is -2.17. The lowest BCUT2D eigenvalue weighted by molar-refractivity contribution is 0.439. The summed E-state index contributed by atoms with van der Waals surface area (Å²) in [7, 11) is 0. The van der Waals surface area contributed by atoms with E-state index in [0.717, 1.165) is 5.02 Å². The Morgan fingerprint density at radius 3 is 2.64 bits per heavy atom. The van der Waals surface area contributed by atoms with Gasteiger partial charge in [-0.2, -0.15) is 0 Å². The maximum Gasteiger partial charge on any atom is 0.0408 e. The van der Waals surface area contributed by atoms with Gasteiger partial charge in [0.1, 0.15) is 0 Å². The zero-order valence-corrected chi connectivity index (χ0v) is 9.11.